The predicted octanol–water partition coefficient (Wildman–Crippen LogP) is 8.61. The molecule has 0 saturated heterocycles. The SMILES string of the molecule is C=CC(=O)OC#Cc1c(OC(=O)C=C)c(C#Cc2ccc(/C=C/OC(=O)C(=C)C)cc2)c(OC)c(F)c1-c1ccc(C#Cc2ccc(/C=C/OC(=O)C(=C)C)cc2)cc1. The Morgan fingerprint density at radius 2 is 1.07 bits per heavy atom. The summed E-state index contributed by atoms with van der Waals surface area (Å²) in [6.07, 6.45) is 9.75. The minimum Gasteiger partial charge on any atom is -0.492 e. The van der Waals surface area contributed by atoms with E-state index < -0.39 is 29.7 Å². The highest BCUT2D eigenvalue weighted by atomic mass is 19.1. The standard InChI is InChI=1S/C49H35FO9/c1-8-42(51)56-31-28-40-44(39-23-20-36(21-24-39)11-10-34-12-16-37(17-13-34)26-29-57-48(53)32(3)4)45(50)47(55-7)41(46(40)59-43(52)9-2)25-22-35-14-18-38(19-15-35)27-30-58-49(54)33(5)6/h8-9,12-21,23-24,26-27,29-30H,1-3,5H2,4,6-7H3/b29-26+,30-27+. The fourth-order valence-electron chi connectivity index (χ4n) is 4.69. The maximum Gasteiger partial charge on any atom is 0.344 e. The molecule has 0 spiro atoms. The molecule has 9 nitrogen and oxygen atoms in total. The van der Waals surface area contributed by atoms with Gasteiger partial charge in [-0.1, -0.05) is 86.4 Å². The van der Waals surface area contributed by atoms with E-state index in [1.165, 1.54) is 26.6 Å². The second-order valence-corrected chi connectivity index (χ2v) is 12.1. The Balaban J connectivity index is 1.76. The summed E-state index contributed by atoms with van der Waals surface area (Å²) in [4.78, 5) is 47.8. The fourth-order valence-corrected chi connectivity index (χ4v) is 4.69. The maximum absolute atomic E-state index is 16.7. The monoisotopic (exact) mass is 786 g/mol. The molecule has 0 radical (unpaired) electrons. The van der Waals surface area contributed by atoms with Gasteiger partial charge in [-0.15, -0.1) is 0 Å². The average molecular weight is 787 g/mol. The third-order valence-electron chi connectivity index (χ3n) is 7.66. The van der Waals surface area contributed by atoms with E-state index in [1.54, 1.807) is 91.9 Å². The van der Waals surface area contributed by atoms with Crippen LogP contribution in [0, 0.1) is 41.5 Å². The van der Waals surface area contributed by atoms with Crippen LogP contribution in [0.15, 0.2) is 135 Å². The van der Waals surface area contributed by atoms with Gasteiger partial charge in [0.2, 0.25) is 0 Å². The molecular weight excluding hydrogens is 752 g/mol. The van der Waals surface area contributed by atoms with Gasteiger partial charge in [0.1, 0.15) is 11.7 Å². The molecule has 0 saturated carbocycles. The van der Waals surface area contributed by atoms with Crippen molar-refractivity contribution in [2.24, 2.45) is 0 Å². The quantitative estimate of drug-likeness (QED) is 0.0368. The normalized spacial score (nSPS) is 10.0. The number of methoxy groups -OCH3 is 1. The van der Waals surface area contributed by atoms with Crippen LogP contribution in [-0.4, -0.2) is 31.0 Å². The van der Waals surface area contributed by atoms with Gasteiger partial charge in [0.15, 0.2) is 17.3 Å². The van der Waals surface area contributed by atoms with Crippen molar-refractivity contribution in [3.05, 3.63) is 180 Å². The molecule has 0 aliphatic rings. The molecule has 0 aliphatic carbocycles. The molecule has 0 unspecified atom stereocenters. The zero-order chi connectivity index (χ0) is 42.9. The largest absolute Gasteiger partial charge is 0.492 e. The van der Waals surface area contributed by atoms with Crippen molar-refractivity contribution >= 4 is 36.0 Å². The third-order valence-corrected chi connectivity index (χ3v) is 7.66. The molecule has 4 aromatic rings. The molecular formula is C49H35FO9. The van der Waals surface area contributed by atoms with Gasteiger partial charge >= 0.3 is 23.9 Å². The van der Waals surface area contributed by atoms with E-state index in [-0.39, 0.29) is 44.9 Å². The van der Waals surface area contributed by atoms with Gasteiger partial charge in [-0.25, -0.2) is 23.6 Å². The highest BCUT2D eigenvalue weighted by molar-refractivity contribution is 5.89. The topological polar surface area (TPSA) is 114 Å². The first-order valence-electron chi connectivity index (χ1n) is 17.4. The molecule has 0 heterocycles. The number of ether oxygens (including phenoxy) is 5. The van der Waals surface area contributed by atoms with Crippen molar-refractivity contribution in [2.75, 3.05) is 7.11 Å². The summed E-state index contributed by atoms with van der Waals surface area (Å²) < 4.78 is 42.7. The molecule has 0 amide bonds. The fraction of sp³-hybridized carbons (Fsp3) is 0.0612. The van der Waals surface area contributed by atoms with Crippen LogP contribution in [0.3, 0.4) is 0 Å². The average Bonchev–Trinajstić information content (AvgIpc) is 3.23. The van der Waals surface area contributed by atoms with Crippen LogP contribution in [-0.2, 0) is 33.4 Å². The van der Waals surface area contributed by atoms with Crippen LogP contribution < -0.4 is 9.47 Å². The van der Waals surface area contributed by atoms with Gasteiger partial charge in [-0.2, -0.15) is 0 Å². The van der Waals surface area contributed by atoms with E-state index in [9.17, 15) is 19.2 Å². The molecule has 0 atom stereocenters. The van der Waals surface area contributed by atoms with Gasteiger partial charge in [-0.3, -0.25) is 0 Å². The van der Waals surface area contributed by atoms with Crippen LogP contribution in [0.2, 0.25) is 0 Å². The highest BCUT2D eigenvalue weighted by Gasteiger charge is 2.27. The second kappa shape index (κ2) is 21.1. The third kappa shape index (κ3) is 12.3. The Morgan fingerprint density at radius 1 is 0.610 bits per heavy atom. The molecule has 10 heteroatoms. The lowest BCUT2D eigenvalue weighted by atomic mass is 9.94. The molecule has 4 rings (SSSR count). The molecule has 0 fully saturated rings. The molecule has 0 aromatic heterocycles. The van der Waals surface area contributed by atoms with E-state index in [2.05, 4.69) is 62.0 Å². The van der Waals surface area contributed by atoms with Crippen LogP contribution in [0.25, 0.3) is 23.3 Å². The summed E-state index contributed by atoms with van der Waals surface area (Å²) in [6.45, 7) is 17.0. The van der Waals surface area contributed by atoms with Crippen LogP contribution in [0.4, 0.5) is 4.39 Å². The Hall–Kier alpha value is -8.39. The summed E-state index contributed by atoms with van der Waals surface area (Å²) in [6, 6.07) is 20.4. The number of halogens is 1. The van der Waals surface area contributed by atoms with Gasteiger partial charge in [0.05, 0.1) is 25.2 Å². The van der Waals surface area contributed by atoms with Crippen LogP contribution in [0.1, 0.15) is 52.8 Å². The van der Waals surface area contributed by atoms with E-state index in [0.717, 1.165) is 17.7 Å². The molecule has 292 valence electrons. The highest BCUT2D eigenvalue weighted by Crippen LogP contribution is 2.42. The summed E-state index contributed by atoms with van der Waals surface area (Å²) in [7, 11) is 1.23. The van der Waals surface area contributed by atoms with Crippen molar-refractivity contribution in [3.8, 4) is 58.3 Å². The summed E-state index contributed by atoms with van der Waals surface area (Å²) in [5.41, 5.74) is 3.54. The smallest absolute Gasteiger partial charge is 0.344 e. The van der Waals surface area contributed by atoms with Gasteiger partial charge in [0.25, 0.3) is 0 Å². The first-order valence-corrected chi connectivity index (χ1v) is 17.4. The number of benzene rings is 4. The molecule has 59 heavy (non-hydrogen) atoms. The lowest BCUT2D eigenvalue weighted by Gasteiger charge is -2.17. The van der Waals surface area contributed by atoms with E-state index in [0.29, 0.717) is 22.3 Å². The Labute approximate surface area is 341 Å². The summed E-state index contributed by atoms with van der Waals surface area (Å²) in [5.74, 6) is 10.1. The maximum atomic E-state index is 16.7. The van der Waals surface area contributed by atoms with Crippen molar-refractivity contribution in [2.45, 2.75) is 13.8 Å². The van der Waals surface area contributed by atoms with Crippen molar-refractivity contribution in [1.82, 2.24) is 0 Å². The summed E-state index contributed by atoms with van der Waals surface area (Å²) >= 11 is 0. The van der Waals surface area contributed by atoms with Gasteiger partial charge in [0, 0.05) is 45.6 Å². The number of hydrogen-bond donors (Lipinski definition) is 0. The van der Waals surface area contributed by atoms with Gasteiger partial charge < -0.3 is 23.7 Å². The number of esters is 4. The predicted molar refractivity (Wildman–Crippen MR) is 222 cm³/mol. The molecule has 0 N–H and O–H groups in total. The molecule has 4 aromatic carbocycles. The van der Waals surface area contributed by atoms with E-state index in [1.807, 2.05) is 0 Å². The summed E-state index contributed by atoms with van der Waals surface area (Å²) in [5, 5.41) is 0. The number of carbonyl (C=O) groups excluding carboxylic acids is 4. The minimum absolute atomic E-state index is 0.151. The van der Waals surface area contributed by atoms with Crippen LogP contribution >= 0.6 is 0 Å². The van der Waals surface area contributed by atoms with Crippen LogP contribution in [0.5, 0.6) is 11.5 Å². The van der Waals surface area contributed by atoms with Crippen molar-refractivity contribution in [3.63, 3.8) is 0 Å². The first-order chi connectivity index (χ1) is 28.3. The molecule has 0 bridgehead atoms. The zero-order valence-electron chi connectivity index (χ0n) is 32.3. The molecule has 0 aliphatic heterocycles. The van der Waals surface area contributed by atoms with E-state index >= 15 is 4.39 Å². The Kier molecular flexibility index (Phi) is 15.5. The van der Waals surface area contributed by atoms with Crippen molar-refractivity contribution in [1.29, 1.82) is 0 Å². The number of rotatable bonds is 11. The number of hydrogen-bond acceptors (Lipinski definition) is 9. The Bertz CT molecular complexity index is 2590. The van der Waals surface area contributed by atoms with Gasteiger partial charge in [-0.05, 0) is 85.0 Å². The Morgan fingerprint density at radius 3 is 1.51 bits per heavy atom. The van der Waals surface area contributed by atoms with Crippen molar-refractivity contribution < 1.29 is 47.3 Å². The van der Waals surface area contributed by atoms with E-state index in [4.69, 9.17) is 23.7 Å². The first kappa shape index (κ1) is 43.3. The lowest BCUT2D eigenvalue weighted by molar-refractivity contribution is -0.134. The lowest BCUT2D eigenvalue weighted by Crippen LogP contribution is -2.10. The zero-order valence-corrected chi connectivity index (χ0v) is 32.3. The second-order valence-electron chi connectivity index (χ2n) is 12.1. The minimum atomic E-state index is -0.914. The number of carbonyl (C=O) groups is 4.